The number of hydrogen-bond donors (Lipinski definition) is 1. The van der Waals surface area contributed by atoms with Crippen LogP contribution in [0.4, 0.5) is 4.79 Å². The standard InChI is InChI=1S/C31H36N2O2/c34-31(32-27-14-5-2-6-15-27)33(30-17-9-13-26-12-7-8-16-29(26)30)22-24-18-20-28(21-19-24)35-23-25-10-3-1-4-11-25/h1,3-4,7-8,10-12,16,18-21,27,30H,2,5-6,9,13-15,17,22-23H2,(H,32,34). The molecule has 1 N–H and O–H groups in total. The molecule has 0 heterocycles. The molecule has 0 radical (unpaired) electrons. The molecule has 1 unspecified atom stereocenters. The zero-order valence-electron chi connectivity index (χ0n) is 20.5. The molecule has 2 amide bonds. The normalized spacial score (nSPS) is 17.9. The highest BCUT2D eigenvalue weighted by atomic mass is 16.5. The number of carbonyl (C=O) groups excluding carboxylic acids is 1. The summed E-state index contributed by atoms with van der Waals surface area (Å²) in [5.74, 6) is 0.846. The highest BCUT2D eigenvalue weighted by molar-refractivity contribution is 5.75. The second-order valence-electron chi connectivity index (χ2n) is 9.94. The van der Waals surface area contributed by atoms with Gasteiger partial charge in [-0.25, -0.2) is 4.79 Å². The minimum absolute atomic E-state index is 0.0722. The maximum Gasteiger partial charge on any atom is 0.318 e. The quantitative estimate of drug-likeness (QED) is 0.399. The molecule has 4 nitrogen and oxygen atoms in total. The SMILES string of the molecule is O=C(NC1CCCCC1)N(Cc1ccc(OCc2ccccc2)cc1)C1CCCc2ccccc21. The molecule has 1 atom stereocenters. The van der Waals surface area contributed by atoms with Gasteiger partial charge in [0.05, 0.1) is 6.04 Å². The van der Waals surface area contributed by atoms with E-state index in [1.165, 1.54) is 30.4 Å². The zero-order valence-corrected chi connectivity index (χ0v) is 20.5. The van der Waals surface area contributed by atoms with Crippen molar-refractivity contribution in [3.05, 3.63) is 101 Å². The van der Waals surface area contributed by atoms with Crippen molar-refractivity contribution in [2.24, 2.45) is 0 Å². The Kier molecular flexibility index (Phi) is 7.67. The highest BCUT2D eigenvalue weighted by Gasteiger charge is 2.30. The van der Waals surface area contributed by atoms with Crippen LogP contribution < -0.4 is 10.1 Å². The molecule has 4 heteroatoms. The molecule has 0 aromatic heterocycles. The topological polar surface area (TPSA) is 41.6 Å². The number of rotatable bonds is 7. The Labute approximate surface area is 209 Å². The highest BCUT2D eigenvalue weighted by Crippen LogP contribution is 2.35. The first-order valence-corrected chi connectivity index (χ1v) is 13.2. The monoisotopic (exact) mass is 468 g/mol. The number of hydrogen-bond acceptors (Lipinski definition) is 2. The van der Waals surface area contributed by atoms with Crippen LogP contribution in [-0.4, -0.2) is 17.0 Å². The maximum atomic E-state index is 13.6. The van der Waals surface area contributed by atoms with Gasteiger partial charge in [0.25, 0.3) is 0 Å². The van der Waals surface area contributed by atoms with Crippen LogP contribution in [0.3, 0.4) is 0 Å². The van der Waals surface area contributed by atoms with E-state index in [4.69, 9.17) is 4.74 Å². The molecule has 2 aliphatic carbocycles. The molecular weight excluding hydrogens is 432 g/mol. The van der Waals surface area contributed by atoms with Crippen molar-refractivity contribution in [3.63, 3.8) is 0 Å². The maximum absolute atomic E-state index is 13.6. The van der Waals surface area contributed by atoms with Gasteiger partial charge in [-0.05, 0) is 66.5 Å². The number of aryl methyl sites for hydroxylation is 1. The first-order valence-electron chi connectivity index (χ1n) is 13.2. The van der Waals surface area contributed by atoms with Gasteiger partial charge in [0.15, 0.2) is 0 Å². The molecule has 0 saturated heterocycles. The number of urea groups is 1. The molecular formula is C31H36N2O2. The third-order valence-corrected chi connectivity index (χ3v) is 7.43. The van der Waals surface area contributed by atoms with Crippen molar-refractivity contribution >= 4 is 6.03 Å². The third-order valence-electron chi connectivity index (χ3n) is 7.43. The van der Waals surface area contributed by atoms with Crippen LogP contribution in [0, 0.1) is 0 Å². The number of fused-ring (bicyclic) bond motifs is 1. The van der Waals surface area contributed by atoms with Crippen molar-refractivity contribution in [2.45, 2.75) is 76.6 Å². The molecule has 182 valence electrons. The zero-order chi connectivity index (χ0) is 23.9. The van der Waals surface area contributed by atoms with Crippen molar-refractivity contribution in [3.8, 4) is 5.75 Å². The second kappa shape index (κ2) is 11.4. The van der Waals surface area contributed by atoms with E-state index in [2.05, 4.69) is 58.7 Å². The van der Waals surface area contributed by atoms with Gasteiger partial charge in [-0.15, -0.1) is 0 Å². The molecule has 5 rings (SSSR count). The van der Waals surface area contributed by atoms with Gasteiger partial charge in [0, 0.05) is 12.6 Å². The minimum atomic E-state index is 0.0722. The van der Waals surface area contributed by atoms with E-state index in [-0.39, 0.29) is 12.1 Å². The lowest BCUT2D eigenvalue weighted by Gasteiger charge is -2.37. The van der Waals surface area contributed by atoms with Crippen LogP contribution >= 0.6 is 0 Å². The Hall–Kier alpha value is -3.27. The summed E-state index contributed by atoms with van der Waals surface area (Å²) < 4.78 is 5.97. The van der Waals surface area contributed by atoms with Gasteiger partial charge in [-0.1, -0.05) is 86.0 Å². The van der Waals surface area contributed by atoms with Crippen molar-refractivity contribution in [1.29, 1.82) is 0 Å². The lowest BCUT2D eigenvalue weighted by Crippen LogP contribution is -2.47. The molecule has 0 aliphatic heterocycles. The lowest BCUT2D eigenvalue weighted by atomic mass is 9.86. The largest absolute Gasteiger partial charge is 0.489 e. The predicted octanol–water partition coefficient (Wildman–Crippen LogP) is 7.19. The summed E-state index contributed by atoms with van der Waals surface area (Å²) >= 11 is 0. The van der Waals surface area contributed by atoms with E-state index in [0.29, 0.717) is 19.2 Å². The van der Waals surface area contributed by atoms with Crippen LogP contribution in [0.1, 0.15) is 73.2 Å². The number of amides is 2. The van der Waals surface area contributed by atoms with Crippen molar-refractivity contribution in [1.82, 2.24) is 10.2 Å². The Morgan fingerprint density at radius 1 is 0.800 bits per heavy atom. The van der Waals surface area contributed by atoms with E-state index in [0.717, 1.165) is 49.0 Å². The fourth-order valence-electron chi connectivity index (χ4n) is 5.51. The van der Waals surface area contributed by atoms with Crippen molar-refractivity contribution < 1.29 is 9.53 Å². The molecule has 2 aliphatic rings. The van der Waals surface area contributed by atoms with Crippen molar-refractivity contribution in [2.75, 3.05) is 0 Å². The Morgan fingerprint density at radius 2 is 1.54 bits per heavy atom. The smallest absolute Gasteiger partial charge is 0.318 e. The fourth-order valence-corrected chi connectivity index (χ4v) is 5.51. The lowest BCUT2D eigenvalue weighted by molar-refractivity contribution is 0.156. The van der Waals surface area contributed by atoms with Crippen LogP contribution in [-0.2, 0) is 19.6 Å². The van der Waals surface area contributed by atoms with Gasteiger partial charge in [-0.2, -0.15) is 0 Å². The summed E-state index contributed by atoms with van der Waals surface area (Å²) in [7, 11) is 0. The van der Waals surface area contributed by atoms with Crippen LogP contribution in [0.2, 0.25) is 0 Å². The average Bonchev–Trinajstić information content (AvgIpc) is 2.92. The fraction of sp³-hybridized carbons (Fsp3) is 0.387. The van der Waals surface area contributed by atoms with Crippen LogP contribution in [0.15, 0.2) is 78.9 Å². The van der Waals surface area contributed by atoms with Gasteiger partial charge in [-0.3, -0.25) is 0 Å². The third kappa shape index (κ3) is 6.05. The Morgan fingerprint density at radius 3 is 2.34 bits per heavy atom. The molecule has 3 aromatic carbocycles. The van der Waals surface area contributed by atoms with E-state index in [1.54, 1.807) is 0 Å². The number of nitrogens with zero attached hydrogens (tertiary/aromatic N) is 1. The number of nitrogens with one attached hydrogen (secondary N) is 1. The summed E-state index contributed by atoms with van der Waals surface area (Å²) in [6.45, 7) is 1.14. The number of benzene rings is 3. The molecule has 0 bridgehead atoms. The number of carbonyl (C=O) groups is 1. The van der Waals surface area contributed by atoms with Gasteiger partial charge in [0.1, 0.15) is 12.4 Å². The summed E-state index contributed by atoms with van der Waals surface area (Å²) in [6.07, 6.45) is 9.10. The summed E-state index contributed by atoms with van der Waals surface area (Å²) in [4.78, 5) is 15.7. The van der Waals surface area contributed by atoms with E-state index in [9.17, 15) is 4.79 Å². The molecule has 1 saturated carbocycles. The van der Waals surface area contributed by atoms with Gasteiger partial charge >= 0.3 is 6.03 Å². The summed E-state index contributed by atoms with van der Waals surface area (Å²) in [5, 5.41) is 3.38. The Balaban J connectivity index is 1.31. The second-order valence-corrected chi connectivity index (χ2v) is 9.94. The van der Waals surface area contributed by atoms with E-state index in [1.807, 2.05) is 30.3 Å². The van der Waals surface area contributed by atoms with E-state index >= 15 is 0 Å². The molecule has 3 aromatic rings. The molecule has 35 heavy (non-hydrogen) atoms. The summed E-state index contributed by atoms with van der Waals surface area (Å²) in [6, 6.07) is 27.5. The van der Waals surface area contributed by atoms with Crippen LogP contribution in [0.25, 0.3) is 0 Å². The van der Waals surface area contributed by atoms with Crippen LogP contribution in [0.5, 0.6) is 5.75 Å². The van der Waals surface area contributed by atoms with Gasteiger partial charge in [0.2, 0.25) is 0 Å². The van der Waals surface area contributed by atoms with E-state index < -0.39 is 0 Å². The van der Waals surface area contributed by atoms with Gasteiger partial charge < -0.3 is 15.0 Å². The predicted molar refractivity (Wildman–Crippen MR) is 140 cm³/mol. The Bertz CT molecular complexity index is 1090. The first kappa shape index (κ1) is 23.5. The summed E-state index contributed by atoms with van der Waals surface area (Å²) in [5.41, 5.74) is 4.96. The molecule has 0 spiro atoms. The first-order chi connectivity index (χ1) is 17.3. The minimum Gasteiger partial charge on any atom is -0.489 e. The average molecular weight is 469 g/mol. The molecule has 1 fully saturated rings. The number of ether oxygens (including phenoxy) is 1.